The number of hydrogen-bond donors (Lipinski definition) is 1. The highest BCUT2D eigenvalue weighted by atomic mass is 19.2. The van der Waals surface area contributed by atoms with Crippen molar-refractivity contribution < 1.29 is 13.6 Å². The van der Waals surface area contributed by atoms with Crippen molar-refractivity contribution in [1.29, 1.82) is 0 Å². The highest BCUT2D eigenvalue weighted by molar-refractivity contribution is 5.87. The number of nitrogens with two attached hydrogens (primary N) is 1. The van der Waals surface area contributed by atoms with Gasteiger partial charge in [0.1, 0.15) is 0 Å². The van der Waals surface area contributed by atoms with Gasteiger partial charge in [0.2, 0.25) is 5.91 Å². The van der Waals surface area contributed by atoms with Gasteiger partial charge in [-0.3, -0.25) is 4.79 Å². The van der Waals surface area contributed by atoms with Crippen LogP contribution in [0.25, 0.3) is 0 Å². The maximum absolute atomic E-state index is 13.1. The molecule has 1 aromatic carbocycles. The van der Waals surface area contributed by atoms with E-state index in [9.17, 15) is 13.6 Å². The van der Waals surface area contributed by atoms with Gasteiger partial charge in [-0.1, -0.05) is 6.07 Å². The zero-order valence-electron chi connectivity index (χ0n) is 11.0. The van der Waals surface area contributed by atoms with E-state index in [4.69, 9.17) is 5.73 Å². The maximum atomic E-state index is 13.1. The average Bonchev–Trinajstić information content (AvgIpc) is 2.36. The molecule has 19 heavy (non-hydrogen) atoms. The maximum Gasteiger partial charge on any atom is 0.242 e. The second-order valence-corrected chi connectivity index (χ2v) is 5.08. The van der Waals surface area contributed by atoms with Crippen LogP contribution in [0.3, 0.4) is 0 Å². The summed E-state index contributed by atoms with van der Waals surface area (Å²) >= 11 is 0. The SMILES string of the molecule is CCN(Cc1ccc(F)c(F)c1)C(=O)C1(N)CCC1. The number of benzene rings is 1. The standard InChI is InChI=1S/C14H18F2N2O/c1-2-18(13(19)14(17)6-3-7-14)9-10-4-5-11(15)12(16)8-10/h4-5,8H,2-3,6-7,9,17H2,1H3. The van der Waals surface area contributed by atoms with Crippen molar-refractivity contribution in [3.05, 3.63) is 35.4 Å². The smallest absolute Gasteiger partial charge is 0.242 e. The fourth-order valence-corrected chi connectivity index (χ4v) is 2.27. The Hall–Kier alpha value is -1.49. The zero-order chi connectivity index (χ0) is 14.0. The molecular weight excluding hydrogens is 250 g/mol. The van der Waals surface area contributed by atoms with E-state index in [-0.39, 0.29) is 12.5 Å². The lowest BCUT2D eigenvalue weighted by molar-refractivity contribution is -0.140. The molecule has 0 unspecified atom stereocenters. The third-order valence-corrected chi connectivity index (χ3v) is 3.70. The molecular formula is C14H18F2N2O. The molecule has 0 aromatic heterocycles. The molecule has 104 valence electrons. The summed E-state index contributed by atoms with van der Waals surface area (Å²) < 4.78 is 26.0. The Labute approximate surface area is 111 Å². The molecule has 2 rings (SSSR count). The van der Waals surface area contributed by atoms with Crippen LogP contribution in [0.4, 0.5) is 8.78 Å². The van der Waals surface area contributed by atoms with Crippen molar-refractivity contribution in [2.45, 2.75) is 38.3 Å². The Morgan fingerprint density at radius 1 is 1.37 bits per heavy atom. The molecule has 0 radical (unpaired) electrons. The molecule has 0 atom stereocenters. The molecule has 1 amide bonds. The van der Waals surface area contributed by atoms with E-state index >= 15 is 0 Å². The van der Waals surface area contributed by atoms with E-state index < -0.39 is 17.2 Å². The number of rotatable bonds is 4. The van der Waals surface area contributed by atoms with Crippen LogP contribution >= 0.6 is 0 Å². The third kappa shape index (κ3) is 2.76. The quantitative estimate of drug-likeness (QED) is 0.910. The summed E-state index contributed by atoms with van der Waals surface area (Å²) in [6, 6.07) is 3.68. The van der Waals surface area contributed by atoms with Crippen molar-refractivity contribution in [2.24, 2.45) is 5.73 Å². The first-order valence-corrected chi connectivity index (χ1v) is 6.48. The van der Waals surface area contributed by atoms with Gasteiger partial charge in [0.25, 0.3) is 0 Å². The monoisotopic (exact) mass is 268 g/mol. The Balaban J connectivity index is 2.10. The van der Waals surface area contributed by atoms with E-state index in [1.54, 1.807) is 4.90 Å². The third-order valence-electron chi connectivity index (χ3n) is 3.70. The van der Waals surface area contributed by atoms with Crippen molar-refractivity contribution in [1.82, 2.24) is 4.90 Å². The minimum absolute atomic E-state index is 0.106. The van der Waals surface area contributed by atoms with Gasteiger partial charge >= 0.3 is 0 Å². The van der Waals surface area contributed by atoms with Crippen LogP contribution in [0, 0.1) is 11.6 Å². The van der Waals surface area contributed by atoms with E-state index in [1.165, 1.54) is 6.07 Å². The first-order chi connectivity index (χ1) is 8.96. The van der Waals surface area contributed by atoms with Crippen molar-refractivity contribution >= 4 is 5.91 Å². The van der Waals surface area contributed by atoms with Crippen molar-refractivity contribution in [2.75, 3.05) is 6.54 Å². The number of likely N-dealkylation sites (N-methyl/N-ethyl adjacent to an activating group) is 1. The van der Waals surface area contributed by atoms with Gasteiger partial charge in [-0.15, -0.1) is 0 Å². The van der Waals surface area contributed by atoms with Gasteiger partial charge in [-0.25, -0.2) is 8.78 Å². The Kier molecular flexibility index (Phi) is 3.85. The van der Waals surface area contributed by atoms with E-state index in [0.29, 0.717) is 24.9 Å². The van der Waals surface area contributed by atoms with Crippen LogP contribution in [-0.2, 0) is 11.3 Å². The summed E-state index contributed by atoms with van der Waals surface area (Å²) in [6.45, 7) is 2.60. The summed E-state index contributed by atoms with van der Waals surface area (Å²) in [4.78, 5) is 13.9. The molecule has 3 nitrogen and oxygen atoms in total. The number of nitrogens with zero attached hydrogens (tertiary/aromatic N) is 1. The number of halogens is 2. The molecule has 0 saturated heterocycles. The molecule has 0 spiro atoms. The van der Waals surface area contributed by atoms with Gasteiger partial charge in [-0.2, -0.15) is 0 Å². The number of hydrogen-bond acceptors (Lipinski definition) is 2. The lowest BCUT2D eigenvalue weighted by atomic mass is 9.76. The highest BCUT2D eigenvalue weighted by Gasteiger charge is 2.42. The normalized spacial score (nSPS) is 16.8. The topological polar surface area (TPSA) is 46.3 Å². The Morgan fingerprint density at radius 3 is 2.53 bits per heavy atom. The lowest BCUT2D eigenvalue weighted by Crippen LogP contribution is -2.59. The van der Waals surface area contributed by atoms with Gasteiger partial charge in [0.05, 0.1) is 5.54 Å². The van der Waals surface area contributed by atoms with Crippen LogP contribution in [-0.4, -0.2) is 22.9 Å². The van der Waals surface area contributed by atoms with Crippen molar-refractivity contribution in [3.8, 4) is 0 Å². The fraction of sp³-hybridized carbons (Fsp3) is 0.500. The molecule has 0 aliphatic heterocycles. The van der Waals surface area contributed by atoms with Crippen LogP contribution < -0.4 is 5.73 Å². The molecule has 1 aliphatic carbocycles. The summed E-state index contributed by atoms with van der Waals surface area (Å²) in [5, 5.41) is 0. The molecule has 0 bridgehead atoms. The summed E-state index contributed by atoms with van der Waals surface area (Å²) in [5.41, 5.74) is 5.82. The molecule has 1 aliphatic rings. The van der Waals surface area contributed by atoms with Gasteiger partial charge in [0.15, 0.2) is 11.6 Å². The number of amides is 1. The Bertz CT molecular complexity index is 486. The molecule has 2 N–H and O–H groups in total. The predicted molar refractivity (Wildman–Crippen MR) is 68.2 cm³/mol. The number of carbonyl (C=O) groups is 1. The first-order valence-electron chi connectivity index (χ1n) is 6.48. The average molecular weight is 268 g/mol. The number of carbonyl (C=O) groups excluding carboxylic acids is 1. The second kappa shape index (κ2) is 5.25. The fourth-order valence-electron chi connectivity index (χ4n) is 2.27. The van der Waals surface area contributed by atoms with Crippen LogP contribution in [0.1, 0.15) is 31.7 Å². The molecule has 0 heterocycles. The zero-order valence-corrected chi connectivity index (χ0v) is 11.0. The summed E-state index contributed by atoms with van der Waals surface area (Å²) in [6.07, 6.45) is 2.35. The summed E-state index contributed by atoms with van der Waals surface area (Å²) in [5.74, 6) is -1.88. The molecule has 1 aromatic rings. The Morgan fingerprint density at radius 2 is 2.05 bits per heavy atom. The minimum atomic E-state index is -0.896. The van der Waals surface area contributed by atoms with E-state index in [2.05, 4.69) is 0 Å². The molecule has 1 fully saturated rings. The van der Waals surface area contributed by atoms with Crippen LogP contribution in [0.5, 0.6) is 0 Å². The second-order valence-electron chi connectivity index (χ2n) is 5.08. The van der Waals surface area contributed by atoms with E-state index in [1.807, 2.05) is 6.92 Å². The largest absolute Gasteiger partial charge is 0.337 e. The minimum Gasteiger partial charge on any atom is -0.337 e. The first kappa shape index (κ1) is 13.9. The molecule has 1 saturated carbocycles. The van der Waals surface area contributed by atoms with Crippen LogP contribution in [0.2, 0.25) is 0 Å². The predicted octanol–water partition coefficient (Wildman–Crippen LogP) is 2.19. The van der Waals surface area contributed by atoms with Crippen LogP contribution in [0.15, 0.2) is 18.2 Å². The van der Waals surface area contributed by atoms with Gasteiger partial charge < -0.3 is 10.6 Å². The van der Waals surface area contributed by atoms with Gasteiger partial charge in [-0.05, 0) is 43.9 Å². The van der Waals surface area contributed by atoms with Gasteiger partial charge in [0, 0.05) is 13.1 Å². The van der Waals surface area contributed by atoms with Crippen molar-refractivity contribution in [3.63, 3.8) is 0 Å². The highest BCUT2D eigenvalue weighted by Crippen LogP contribution is 2.31. The summed E-state index contributed by atoms with van der Waals surface area (Å²) in [7, 11) is 0. The van der Waals surface area contributed by atoms with E-state index in [0.717, 1.165) is 18.6 Å². The lowest BCUT2D eigenvalue weighted by Gasteiger charge is -2.40. The molecule has 5 heteroatoms.